The van der Waals surface area contributed by atoms with Crippen molar-refractivity contribution in [1.82, 2.24) is 10.2 Å². The predicted molar refractivity (Wildman–Crippen MR) is 108 cm³/mol. The van der Waals surface area contributed by atoms with Gasteiger partial charge < -0.3 is 10.4 Å². The van der Waals surface area contributed by atoms with Crippen molar-refractivity contribution in [1.29, 1.82) is 0 Å². The SMILES string of the molecule is CC.CC.O=C(NC[C@@H](O)CN1Cc2ccccc2C1)c1ccccc1. The second kappa shape index (κ2) is 12.2. The molecule has 0 unspecified atom stereocenters. The van der Waals surface area contributed by atoms with Crippen molar-refractivity contribution in [3.63, 3.8) is 0 Å². The fourth-order valence-corrected chi connectivity index (χ4v) is 2.80. The van der Waals surface area contributed by atoms with Crippen LogP contribution in [0.4, 0.5) is 0 Å². The zero-order valence-electron chi connectivity index (χ0n) is 16.4. The Morgan fingerprint density at radius 2 is 1.46 bits per heavy atom. The summed E-state index contributed by atoms with van der Waals surface area (Å²) < 4.78 is 0. The molecule has 1 heterocycles. The largest absolute Gasteiger partial charge is 0.390 e. The first kappa shape index (κ1) is 21.9. The van der Waals surface area contributed by atoms with E-state index in [1.165, 1.54) is 11.1 Å². The first-order valence-corrected chi connectivity index (χ1v) is 9.53. The normalized spacial score (nSPS) is 13.4. The van der Waals surface area contributed by atoms with Crippen LogP contribution in [0, 0.1) is 0 Å². The van der Waals surface area contributed by atoms with Gasteiger partial charge in [-0.15, -0.1) is 0 Å². The molecule has 26 heavy (non-hydrogen) atoms. The highest BCUT2D eigenvalue weighted by Gasteiger charge is 2.20. The number of hydrogen-bond donors (Lipinski definition) is 2. The molecule has 0 radical (unpaired) electrons. The molecule has 4 nitrogen and oxygen atoms in total. The molecule has 0 fully saturated rings. The van der Waals surface area contributed by atoms with Gasteiger partial charge in [-0.2, -0.15) is 0 Å². The predicted octanol–water partition coefficient (Wildman–Crippen LogP) is 3.85. The number of nitrogens with zero attached hydrogens (tertiary/aromatic N) is 1. The molecule has 0 bridgehead atoms. The molecular formula is C22H32N2O2. The van der Waals surface area contributed by atoms with Gasteiger partial charge in [0.1, 0.15) is 0 Å². The highest BCUT2D eigenvalue weighted by atomic mass is 16.3. The van der Waals surface area contributed by atoms with Crippen LogP contribution in [0.15, 0.2) is 54.6 Å². The van der Waals surface area contributed by atoms with Crippen molar-refractivity contribution in [2.24, 2.45) is 0 Å². The summed E-state index contributed by atoms with van der Waals surface area (Å²) in [5, 5.41) is 12.9. The lowest BCUT2D eigenvalue weighted by Gasteiger charge is -2.19. The second-order valence-corrected chi connectivity index (χ2v) is 5.67. The van der Waals surface area contributed by atoms with Gasteiger partial charge in [-0.25, -0.2) is 0 Å². The standard InChI is InChI=1S/C18H20N2O2.2C2H6/c21-17(10-19-18(22)14-6-2-1-3-7-14)13-20-11-15-8-4-5-9-16(15)12-20;2*1-2/h1-9,17,21H,10-13H2,(H,19,22);2*1-2H3/t17-;;/m1../s1. The van der Waals surface area contributed by atoms with Crippen LogP contribution in [-0.4, -0.2) is 35.1 Å². The van der Waals surface area contributed by atoms with E-state index in [1.54, 1.807) is 12.1 Å². The number of benzene rings is 2. The summed E-state index contributed by atoms with van der Waals surface area (Å²) in [6.07, 6.45) is -0.568. The lowest BCUT2D eigenvalue weighted by atomic mass is 10.1. The Hall–Kier alpha value is -2.17. The van der Waals surface area contributed by atoms with Crippen LogP contribution in [0.1, 0.15) is 49.2 Å². The van der Waals surface area contributed by atoms with Gasteiger partial charge in [0.15, 0.2) is 0 Å². The highest BCUT2D eigenvalue weighted by Crippen LogP contribution is 2.21. The highest BCUT2D eigenvalue weighted by molar-refractivity contribution is 5.94. The van der Waals surface area contributed by atoms with Crippen LogP contribution < -0.4 is 5.32 Å². The number of rotatable bonds is 5. The molecule has 1 aliphatic heterocycles. The molecule has 0 aliphatic carbocycles. The first-order chi connectivity index (χ1) is 12.7. The van der Waals surface area contributed by atoms with Crippen molar-refractivity contribution >= 4 is 5.91 Å². The third-order valence-corrected chi connectivity index (χ3v) is 3.91. The van der Waals surface area contributed by atoms with E-state index in [2.05, 4.69) is 22.3 Å². The van der Waals surface area contributed by atoms with E-state index >= 15 is 0 Å². The molecule has 3 rings (SSSR count). The third-order valence-electron chi connectivity index (χ3n) is 3.91. The summed E-state index contributed by atoms with van der Waals surface area (Å²) in [4.78, 5) is 14.1. The van der Waals surface area contributed by atoms with E-state index in [-0.39, 0.29) is 12.5 Å². The number of hydrogen-bond acceptors (Lipinski definition) is 3. The summed E-state index contributed by atoms with van der Waals surface area (Å²) in [5.74, 6) is -0.149. The number of aliphatic hydroxyl groups excluding tert-OH is 1. The van der Waals surface area contributed by atoms with Crippen LogP contribution in [0.5, 0.6) is 0 Å². The number of β-amino-alcohol motifs (C(OH)–C–C–N with tert-alkyl or cyclic N) is 1. The first-order valence-electron chi connectivity index (χ1n) is 9.53. The van der Waals surface area contributed by atoms with Crippen molar-refractivity contribution in [3.05, 3.63) is 71.3 Å². The minimum Gasteiger partial charge on any atom is -0.390 e. The number of nitrogens with one attached hydrogen (secondary N) is 1. The molecule has 2 aromatic rings. The molecule has 0 saturated carbocycles. The summed E-state index contributed by atoms with van der Waals surface area (Å²) in [6, 6.07) is 17.4. The maximum Gasteiger partial charge on any atom is 0.251 e. The maximum absolute atomic E-state index is 11.9. The van der Waals surface area contributed by atoms with Gasteiger partial charge in [-0.05, 0) is 23.3 Å². The van der Waals surface area contributed by atoms with Crippen LogP contribution in [-0.2, 0) is 13.1 Å². The van der Waals surface area contributed by atoms with E-state index in [4.69, 9.17) is 0 Å². The Morgan fingerprint density at radius 3 is 2.00 bits per heavy atom. The Bertz CT molecular complexity index is 619. The summed E-state index contributed by atoms with van der Waals surface area (Å²) in [6.45, 7) is 10.5. The average molecular weight is 357 g/mol. The van der Waals surface area contributed by atoms with Gasteiger partial charge in [0.2, 0.25) is 0 Å². The van der Waals surface area contributed by atoms with Gasteiger partial charge in [0.25, 0.3) is 5.91 Å². The zero-order valence-corrected chi connectivity index (χ0v) is 16.4. The third kappa shape index (κ3) is 6.62. The van der Waals surface area contributed by atoms with E-state index in [0.29, 0.717) is 12.1 Å². The Balaban J connectivity index is 0.000000791. The summed E-state index contributed by atoms with van der Waals surface area (Å²) in [7, 11) is 0. The second-order valence-electron chi connectivity index (χ2n) is 5.67. The van der Waals surface area contributed by atoms with E-state index < -0.39 is 6.10 Å². The van der Waals surface area contributed by atoms with Crippen LogP contribution in [0.25, 0.3) is 0 Å². The van der Waals surface area contributed by atoms with Crippen LogP contribution >= 0.6 is 0 Å². The smallest absolute Gasteiger partial charge is 0.251 e. The molecule has 1 aliphatic rings. The lowest BCUT2D eigenvalue weighted by molar-refractivity contribution is 0.0856. The molecule has 2 N–H and O–H groups in total. The van der Waals surface area contributed by atoms with Crippen molar-refractivity contribution < 1.29 is 9.90 Å². The number of aliphatic hydroxyl groups is 1. The van der Waals surface area contributed by atoms with E-state index in [0.717, 1.165) is 13.1 Å². The van der Waals surface area contributed by atoms with Gasteiger partial charge in [-0.1, -0.05) is 70.2 Å². The van der Waals surface area contributed by atoms with Crippen LogP contribution in [0.3, 0.4) is 0 Å². The molecule has 142 valence electrons. The Morgan fingerprint density at radius 1 is 0.962 bits per heavy atom. The van der Waals surface area contributed by atoms with E-state index in [1.807, 2.05) is 58.0 Å². The van der Waals surface area contributed by atoms with Crippen molar-refractivity contribution in [2.45, 2.75) is 46.9 Å². The minimum atomic E-state index is -0.568. The quantitative estimate of drug-likeness (QED) is 0.856. The number of carbonyl (C=O) groups is 1. The van der Waals surface area contributed by atoms with Gasteiger partial charge in [-0.3, -0.25) is 9.69 Å². The number of fused-ring (bicyclic) bond motifs is 1. The van der Waals surface area contributed by atoms with Crippen molar-refractivity contribution in [3.8, 4) is 0 Å². The van der Waals surface area contributed by atoms with E-state index in [9.17, 15) is 9.90 Å². The lowest BCUT2D eigenvalue weighted by Crippen LogP contribution is -2.38. The monoisotopic (exact) mass is 356 g/mol. The zero-order chi connectivity index (χ0) is 19.4. The Kier molecular flexibility index (Phi) is 10.3. The van der Waals surface area contributed by atoms with Crippen LogP contribution in [0.2, 0.25) is 0 Å². The number of carbonyl (C=O) groups excluding carboxylic acids is 1. The van der Waals surface area contributed by atoms with Crippen molar-refractivity contribution in [2.75, 3.05) is 13.1 Å². The maximum atomic E-state index is 11.9. The molecular weight excluding hydrogens is 324 g/mol. The molecule has 2 aromatic carbocycles. The fraction of sp³-hybridized carbons (Fsp3) is 0.409. The van der Waals surface area contributed by atoms with Gasteiger partial charge in [0.05, 0.1) is 6.10 Å². The minimum absolute atomic E-state index is 0.149. The molecule has 0 saturated heterocycles. The van der Waals surface area contributed by atoms with Gasteiger partial charge >= 0.3 is 0 Å². The molecule has 0 spiro atoms. The number of amides is 1. The Labute approximate surface area is 157 Å². The fourth-order valence-electron chi connectivity index (χ4n) is 2.80. The molecule has 1 atom stereocenters. The van der Waals surface area contributed by atoms with Gasteiger partial charge in [0, 0.05) is 31.7 Å². The summed E-state index contributed by atoms with van der Waals surface area (Å²) >= 11 is 0. The topological polar surface area (TPSA) is 52.6 Å². The molecule has 0 aromatic heterocycles. The average Bonchev–Trinajstić information content (AvgIpc) is 3.12. The molecule has 1 amide bonds. The molecule has 4 heteroatoms. The summed E-state index contributed by atoms with van der Waals surface area (Å²) in [5.41, 5.74) is 3.26.